The molecule has 0 aromatic carbocycles. The number of hydrogen-bond acceptors (Lipinski definition) is 5. The number of amides is 1. The Balaban J connectivity index is 1.62. The molecule has 0 radical (unpaired) electrons. The van der Waals surface area contributed by atoms with Crippen LogP contribution in [0.4, 0.5) is 0 Å². The molecule has 1 aliphatic heterocycles. The summed E-state index contributed by atoms with van der Waals surface area (Å²) in [6.07, 6.45) is 4.43. The van der Waals surface area contributed by atoms with E-state index in [4.69, 9.17) is 0 Å². The van der Waals surface area contributed by atoms with Gasteiger partial charge in [0.1, 0.15) is 0 Å². The molecule has 0 bridgehead atoms. The average Bonchev–Trinajstić information content (AvgIpc) is 3.06. The van der Waals surface area contributed by atoms with Gasteiger partial charge in [0, 0.05) is 34.5 Å². The molecule has 23 heavy (non-hydrogen) atoms. The van der Waals surface area contributed by atoms with Crippen molar-refractivity contribution in [3.63, 3.8) is 0 Å². The molecule has 6 heteroatoms. The summed E-state index contributed by atoms with van der Waals surface area (Å²) in [7, 11) is 0. The SMILES string of the molecule is Cc1cnc(C2(C)CCN(C(=O)Cc3sc(C)nc3C)CC2)s1. The van der Waals surface area contributed by atoms with Crippen molar-refractivity contribution in [3.8, 4) is 0 Å². The highest BCUT2D eigenvalue weighted by Gasteiger charge is 2.35. The number of thiazole rings is 2. The van der Waals surface area contributed by atoms with Crippen LogP contribution in [0.2, 0.25) is 0 Å². The van der Waals surface area contributed by atoms with E-state index in [0.717, 1.165) is 41.5 Å². The summed E-state index contributed by atoms with van der Waals surface area (Å²) in [4.78, 5) is 25.9. The van der Waals surface area contributed by atoms with Crippen molar-refractivity contribution < 1.29 is 4.79 Å². The van der Waals surface area contributed by atoms with Crippen LogP contribution < -0.4 is 0 Å². The number of nitrogens with zero attached hydrogens (tertiary/aromatic N) is 3. The van der Waals surface area contributed by atoms with E-state index in [0.29, 0.717) is 6.42 Å². The Morgan fingerprint density at radius 2 is 1.96 bits per heavy atom. The molecule has 3 heterocycles. The van der Waals surface area contributed by atoms with E-state index in [1.807, 2.05) is 24.9 Å². The number of carbonyl (C=O) groups excluding carboxylic acids is 1. The van der Waals surface area contributed by atoms with Crippen molar-refractivity contribution in [1.82, 2.24) is 14.9 Å². The van der Waals surface area contributed by atoms with Crippen molar-refractivity contribution >= 4 is 28.6 Å². The molecule has 0 spiro atoms. The van der Waals surface area contributed by atoms with Gasteiger partial charge in [-0.3, -0.25) is 4.79 Å². The number of hydrogen-bond donors (Lipinski definition) is 0. The van der Waals surface area contributed by atoms with Crippen LogP contribution in [0.15, 0.2) is 6.20 Å². The second kappa shape index (κ2) is 6.32. The Bertz CT molecular complexity index is 711. The van der Waals surface area contributed by atoms with Crippen LogP contribution in [0.25, 0.3) is 0 Å². The Morgan fingerprint density at radius 3 is 2.48 bits per heavy atom. The van der Waals surface area contributed by atoms with Crippen LogP contribution in [-0.2, 0) is 16.6 Å². The highest BCUT2D eigenvalue weighted by atomic mass is 32.1. The molecule has 0 saturated carbocycles. The van der Waals surface area contributed by atoms with Gasteiger partial charge in [-0.1, -0.05) is 6.92 Å². The van der Waals surface area contributed by atoms with Crippen molar-refractivity contribution in [3.05, 3.63) is 31.7 Å². The molecule has 1 aliphatic rings. The van der Waals surface area contributed by atoms with E-state index in [9.17, 15) is 4.79 Å². The number of piperidine rings is 1. The van der Waals surface area contributed by atoms with Gasteiger partial charge in [0.15, 0.2) is 0 Å². The summed E-state index contributed by atoms with van der Waals surface area (Å²) >= 11 is 3.43. The molecule has 124 valence electrons. The van der Waals surface area contributed by atoms with Crippen LogP contribution in [0, 0.1) is 20.8 Å². The molecule has 0 N–H and O–H groups in total. The van der Waals surface area contributed by atoms with Crippen LogP contribution in [0.5, 0.6) is 0 Å². The van der Waals surface area contributed by atoms with Gasteiger partial charge in [-0.15, -0.1) is 22.7 Å². The number of aromatic nitrogens is 2. The van der Waals surface area contributed by atoms with E-state index in [-0.39, 0.29) is 11.3 Å². The molecule has 0 atom stereocenters. The van der Waals surface area contributed by atoms with Crippen LogP contribution in [-0.4, -0.2) is 33.9 Å². The van der Waals surface area contributed by atoms with Gasteiger partial charge in [0.25, 0.3) is 0 Å². The van der Waals surface area contributed by atoms with E-state index in [1.165, 1.54) is 9.88 Å². The first-order chi connectivity index (χ1) is 10.9. The predicted molar refractivity (Wildman–Crippen MR) is 95.3 cm³/mol. The zero-order valence-electron chi connectivity index (χ0n) is 14.2. The molecule has 3 rings (SSSR count). The zero-order valence-corrected chi connectivity index (χ0v) is 15.8. The van der Waals surface area contributed by atoms with Crippen molar-refractivity contribution in [2.24, 2.45) is 0 Å². The largest absolute Gasteiger partial charge is 0.342 e. The maximum Gasteiger partial charge on any atom is 0.227 e. The summed E-state index contributed by atoms with van der Waals surface area (Å²) in [5, 5.41) is 2.26. The number of rotatable bonds is 3. The maximum atomic E-state index is 12.6. The number of aryl methyl sites for hydroxylation is 3. The molecular formula is C17H23N3OS2. The Morgan fingerprint density at radius 1 is 1.26 bits per heavy atom. The minimum Gasteiger partial charge on any atom is -0.342 e. The van der Waals surface area contributed by atoms with Crippen LogP contribution in [0.1, 0.15) is 45.2 Å². The molecule has 1 fully saturated rings. The molecule has 1 amide bonds. The number of carbonyl (C=O) groups is 1. The summed E-state index contributed by atoms with van der Waals surface area (Å²) in [5.74, 6) is 0.231. The molecule has 2 aromatic rings. The highest BCUT2D eigenvalue weighted by Crippen LogP contribution is 2.37. The normalized spacial score (nSPS) is 17.5. The first-order valence-corrected chi connectivity index (χ1v) is 9.64. The van der Waals surface area contributed by atoms with Gasteiger partial charge in [-0.2, -0.15) is 0 Å². The summed E-state index contributed by atoms with van der Waals surface area (Å²) in [5.41, 5.74) is 1.12. The monoisotopic (exact) mass is 349 g/mol. The van der Waals surface area contributed by atoms with Crippen LogP contribution >= 0.6 is 22.7 Å². The van der Waals surface area contributed by atoms with Gasteiger partial charge >= 0.3 is 0 Å². The lowest BCUT2D eigenvalue weighted by Gasteiger charge is -2.38. The quantitative estimate of drug-likeness (QED) is 0.850. The van der Waals surface area contributed by atoms with Gasteiger partial charge in [0.05, 0.1) is 22.1 Å². The molecule has 2 aromatic heterocycles. The molecule has 4 nitrogen and oxygen atoms in total. The van der Waals surface area contributed by atoms with Gasteiger partial charge in [-0.05, 0) is 33.6 Å². The van der Waals surface area contributed by atoms with E-state index < -0.39 is 0 Å². The van der Waals surface area contributed by atoms with E-state index in [2.05, 4.69) is 23.8 Å². The topological polar surface area (TPSA) is 46.1 Å². The molecule has 1 saturated heterocycles. The first-order valence-electron chi connectivity index (χ1n) is 8.01. The lowest BCUT2D eigenvalue weighted by Crippen LogP contribution is -2.44. The Labute approximate surface area is 145 Å². The third-order valence-corrected chi connectivity index (χ3v) is 6.96. The fraction of sp³-hybridized carbons (Fsp3) is 0.588. The smallest absolute Gasteiger partial charge is 0.227 e. The minimum atomic E-state index is 0.118. The zero-order chi connectivity index (χ0) is 16.6. The lowest BCUT2D eigenvalue weighted by atomic mass is 9.81. The second-order valence-electron chi connectivity index (χ2n) is 6.64. The molecule has 0 unspecified atom stereocenters. The standard InChI is InChI=1S/C17H23N3OS2/c1-11-10-18-16(22-11)17(4)5-7-20(8-6-17)15(21)9-14-12(2)19-13(3)23-14/h10H,5-9H2,1-4H3. The van der Waals surface area contributed by atoms with Gasteiger partial charge in [-0.25, -0.2) is 9.97 Å². The summed E-state index contributed by atoms with van der Waals surface area (Å²) < 4.78 is 0. The Hall–Kier alpha value is -1.27. The summed E-state index contributed by atoms with van der Waals surface area (Å²) in [6.45, 7) is 10.0. The second-order valence-corrected chi connectivity index (χ2v) is 9.16. The van der Waals surface area contributed by atoms with Crippen molar-refractivity contribution in [1.29, 1.82) is 0 Å². The third-order valence-electron chi connectivity index (χ3n) is 4.67. The number of likely N-dealkylation sites (tertiary alicyclic amines) is 1. The fourth-order valence-corrected chi connectivity index (χ4v) is 4.98. The van der Waals surface area contributed by atoms with Crippen molar-refractivity contribution in [2.75, 3.05) is 13.1 Å². The fourth-order valence-electron chi connectivity index (χ4n) is 3.08. The maximum absolute atomic E-state index is 12.6. The first kappa shape index (κ1) is 16.6. The van der Waals surface area contributed by atoms with Gasteiger partial charge in [0.2, 0.25) is 5.91 Å². The highest BCUT2D eigenvalue weighted by molar-refractivity contribution is 7.12. The average molecular weight is 350 g/mol. The Kier molecular flexibility index (Phi) is 4.56. The van der Waals surface area contributed by atoms with E-state index >= 15 is 0 Å². The summed E-state index contributed by atoms with van der Waals surface area (Å²) in [6, 6.07) is 0. The third kappa shape index (κ3) is 3.48. The lowest BCUT2D eigenvalue weighted by molar-refractivity contribution is -0.131. The van der Waals surface area contributed by atoms with Crippen molar-refractivity contribution in [2.45, 2.75) is 52.4 Å². The van der Waals surface area contributed by atoms with E-state index in [1.54, 1.807) is 22.7 Å². The van der Waals surface area contributed by atoms with Crippen LogP contribution in [0.3, 0.4) is 0 Å². The molecular weight excluding hydrogens is 326 g/mol. The molecule has 0 aliphatic carbocycles. The predicted octanol–water partition coefficient (Wildman–Crippen LogP) is 3.65. The van der Waals surface area contributed by atoms with Gasteiger partial charge < -0.3 is 4.90 Å². The minimum absolute atomic E-state index is 0.118.